The second-order valence-electron chi connectivity index (χ2n) is 12.2. The zero-order chi connectivity index (χ0) is 34.8. The quantitative estimate of drug-likeness (QED) is 0.334. The van der Waals surface area contributed by atoms with E-state index in [1.165, 1.54) is 43.0 Å². The Hall–Kier alpha value is -4.04. The average Bonchev–Trinajstić information content (AvgIpc) is 3.09. The highest BCUT2D eigenvalue weighted by atomic mass is 32.2. The van der Waals surface area contributed by atoms with Gasteiger partial charge in [0.2, 0.25) is 10.0 Å². The topological polar surface area (TPSA) is 148 Å². The zero-order valence-corrected chi connectivity index (χ0v) is 29.0. The van der Waals surface area contributed by atoms with Crippen molar-refractivity contribution >= 4 is 27.5 Å². The van der Waals surface area contributed by atoms with Crippen molar-refractivity contribution in [1.29, 1.82) is 0 Å². The fourth-order valence-electron chi connectivity index (χ4n) is 5.45. The number of aromatic nitrogens is 1. The fourth-order valence-corrected chi connectivity index (χ4v) is 6.63. The number of pyridine rings is 1. The van der Waals surface area contributed by atoms with Crippen LogP contribution in [0.2, 0.25) is 0 Å². The first kappa shape index (κ1) is 36.8. The molecular formula is C35H46N4O8S. The molecule has 0 spiro atoms. The number of methoxy groups -OCH3 is 1. The Bertz CT molecular complexity index is 1620. The fraction of sp³-hybridized carbons (Fsp3) is 0.457. The molecule has 3 aromatic rings. The van der Waals surface area contributed by atoms with Gasteiger partial charge in [0.25, 0.3) is 11.8 Å². The van der Waals surface area contributed by atoms with Crippen molar-refractivity contribution in [2.45, 2.75) is 63.2 Å². The summed E-state index contributed by atoms with van der Waals surface area (Å²) in [5.74, 6) is -0.180. The number of likely N-dealkylation sites (N-methyl/N-ethyl adjacent to an activating group) is 1. The first-order chi connectivity index (χ1) is 22.9. The third-order valence-corrected chi connectivity index (χ3v) is 10.3. The first-order valence-corrected chi connectivity index (χ1v) is 17.5. The molecule has 0 fully saturated rings. The molecule has 2 heterocycles. The van der Waals surface area contributed by atoms with Crippen LogP contribution < -0.4 is 14.8 Å². The summed E-state index contributed by atoms with van der Waals surface area (Å²) >= 11 is 0. The SMILES string of the molecule is COc1ccc(S(=O)(=O)N(C)C[C@@H]2OCCCC[C@H](C)Oc3ccc(NC(=O)c4ccncc4)cc3C(=O)N([C@H](C)CO)C[C@@H]2C)cc1. The number of hydrogen-bond donors (Lipinski definition) is 2. The van der Waals surface area contributed by atoms with Gasteiger partial charge in [0.05, 0.1) is 42.4 Å². The van der Waals surface area contributed by atoms with E-state index < -0.39 is 28.1 Å². The van der Waals surface area contributed by atoms with E-state index in [0.29, 0.717) is 35.8 Å². The van der Waals surface area contributed by atoms with E-state index in [1.54, 1.807) is 54.3 Å². The molecule has 0 saturated carbocycles. The molecule has 4 atom stereocenters. The van der Waals surface area contributed by atoms with Crippen LogP contribution in [0.3, 0.4) is 0 Å². The maximum absolute atomic E-state index is 14.3. The van der Waals surface area contributed by atoms with Crippen LogP contribution in [0, 0.1) is 5.92 Å². The van der Waals surface area contributed by atoms with Crippen LogP contribution in [0.4, 0.5) is 5.69 Å². The van der Waals surface area contributed by atoms with Crippen molar-refractivity contribution in [1.82, 2.24) is 14.2 Å². The lowest BCUT2D eigenvalue weighted by Gasteiger charge is -2.35. The largest absolute Gasteiger partial charge is 0.497 e. The Morgan fingerprint density at radius 3 is 2.50 bits per heavy atom. The Morgan fingerprint density at radius 2 is 1.83 bits per heavy atom. The molecule has 2 amide bonds. The van der Waals surface area contributed by atoms with Gasteiger partial charge < -0.3 is 29.5 Å². The lowest BCUT2D eigenvalue weighted by atomic mass is 10.0. The first-order valence-electron chi connectivity index (χ1n) is 16.1. The summed E-state index contributed by atoms with van der Waals surface area (Å²) in [7, 11) is -0.827. The number of anilines is 1. The van der Waals surface area contributed by atoms with Crippen molar-refractivity contribution in [3.05, 3.63) is 78.1 Å². The number of ether oxygens (including phenoxy) is 3. The number of nitrogens with zero attached hydrogens (tertiary/aromatic N) is 3. The molecule has 1 aliphatic rings. The molecule has 0 radical (unpaired) electrons. The van der Waals surface area contributed by atoms with Crippen molar-refractivity contribution < 1.29 is 37.3 Å². The molecule has 2 N–H and O–H groups in total. The van der Waals surface area contributed by atoms with E-state index in [9.17, 15) is 23.1 Å². The third kappa shape index (κ3) is 9.31. The molecule has 0 bridgehead atoms. The summed E-state index contributed by atoms with van der Waals surface area (Å²) in [6, 6.07) is 13.7. The van der Waals surface area contributed by atoms with Crippen LogP contribution in [-0.2, 0) is 14.8 Å². The lowest BCUT2D eigenvalue weighted by molar-refractivity contribution is -0.00834. The van der Waals surface area contributed by atoms with Crippen LogP contribution >= 0.6 is 0 Å². The number of nitrogens with one attached hydrogen (secondary N) is 1. The number of rotatable bonds is 9. The number of hydrogen-bond acceptors (Lipinski definition) is 9. The summed E-state index contributed by atoms with van der Waals surface area (Å²) in [5.41, 5.74) is 1.05. The lowest BCUT2D eigenvalue weighted by Crippen LogP contribution is -2.48. The van der Waals surface area contributed by atoms with Crippen LogP contribution in [0.25, 0.3) is 0 Å². The Kier molecular flexibility index (Phi) is 12.9. The summed E-state index contributed by atoms with van der Waals surface area (Å²) in [6.07, 6.45) is 4.47. The van der Waals surface area contributed by atoms with Gasteiger partial charge in [-0.3, -0.25) is 14.6 Å². The number of carbonyl (C=O) groups excluding carboxylic acids is 2. The predicted molar refractivity (Wildman–Crippen MR) is 182 cm³/mol. The number of fused-ring (bicyclic) bond motifs is 1. The molecular weight excluding hydrogens is 636 g/mol. The van der Waals surface area contributed by atoms with E-state index in [-0.39, 0.29) is 48.1 Å². The number of carbonyl (C=O) groups is 2. The monoisotopic (exact) mass is 682 g/mol. The highest BCUT2D eigenvalue weighted by Gasteiger charge is 2.32. The van der Waals surface area contributed by atoms with Crippen molar-refractivity contribution in [3.8, 4) is 11.5 Å². The normalized spacial score (nSPS) is 20.3. The molecule has 48 heavy (non-hydrogen) atoms. The summed E-state index contributed by atoms with van der Waals surface area (Å²) in [5, 5.41) is 13.1. The average molecular weight is 683 g/mol. The van der Waals surface area contributed by atoms with Crippen LogP contribution in [0.15, 0.2) is 71.9 Å². The molecule has 13 heteroatoms. The molecule has 2 aromatic carbocycles. The smallest absolute Gasteiger partial charge is 0.258 e. The molecule has 1 aromatic heterocycles. The van der Waals surface area contributed by atoms with Gasteiger partial charge in [-0.1, -0.05) is 6.92 Å². The summed E-state index contributed by atoms with van der Waals surface area (Å²) < 4.78 is 46.0. The van der Waals surface area contributed by atoms with Crippen LogP contribution in [0.5, 0.6) is 11.5 Å². The second-order valence-corrected chi connectivity index (χ2v) is 14.2. The molecule has 12 nitrogen and oxygen atoms in total. The Morgan fingerprint density at radius 1 is 1.12 bits per heavy atom. The van der Waals surface area contributed by atoms with Gasteiger partial charge in [-0.2, -0.15) is 4.31 Å². The zero-order valence-electron chi connectivity index (χ0n) is 28.2. The van der Waals surface area contributed by atoms with Gasteiger partial charge in [-0.05, 0) is 87.7 Å². The highest BCUT2D eigenvalue weighted by Crippen LogP contribution is 2.29. The Labute approximate surface area is 283 Å². The minimum atomic E-state index is -3.85. The minimum absolute atomic E-state index is 0.0480. The molecule has 0 unspecified atom stereocenters. The van der Waals surface area contributed by atoms with Gasteiger partial charge in [0.15, 0.2) is 0 Å². The molecule has 0 saturated heterocycles. The maximum atomic E-state index is 14.3. The minimum Gasteiger partial charge on any atom is -0.497 e. The molecule has 260 valence electrons. The second kappa shape index (κ2) is 16.9. The maximum Gasteiger partial charge on any atom is 0.258 e. The van der Waals surface area contributed by atoms with Crippen LogP contribution in [-0.4, -0.2) is 98.2 Å². The van der Waals surface area contributed by atoms with Crippen molar-refractivity contribution in [2.75, 3.05) is 45.8 Å². The summed E-state index contributed by atoms with van der Waals surface area (Å²) in [6.45, 7) is 5.87. The Balaban J connectivity index is 1.64. The van der Waals surface area contributed by atoms with E-state index in [4.69, 9.17) is 14.2 Å². The summed E-state index contributed by atoms with van der Waals surface area (Å²) in [4.78, 5) is 32.9. The van der Waals surface area contributed by atoms with Gasteiger partial charge in [0.1, 0.15) is 11.5 Å². The van der Waals surface area contributed by atoms with Gasteiger partial charge in [-0.15, -0.1) is 0 Å². The van der Waals surface area contributed by atoms with E-state index in [2.05, 4.69) is 10.3 Å². The highest BCUT2D eigenvalue weighted by molar-refractivity contribution is 7.89. The number of aliphatic hydroxyl groups excluding tert-OH is 1. The van der Waals surface area contributed by atoms with E-state index >= 15 is 0 Å². The van der Waals surface area contributed by atoms with Crippen LogP contribution in [0.1, 0.15) is 60.7 Å². The van der Waals surface area contributed by atoms with E-state index in [0.717, 1.165) is 12.8 Å². The van der Waals surface area contributed by atoms with Gasteiger partial charge in [0, 0.05) is 56.3 Å². The van der Waals surface area contributed by atoms with E-state index in [1.807, 2.05) is 13.8 Å². The number of amides is 2. The molecule has 4 rings (SSSR count). The predicted octanol–water partition coefficient (Wildman–Crippen LogP) is 4.46. The van der Waals surface area contributed by atoms with Gasteiger partial charge in [-0.25, -0.2) is 8.42 Å². The number of aliphatic hydroxyl groups is 1. The molecule has 1 aliphatic heterocycles. The number of benzene rings is 2. The number of sulfonamides is 1. The standard InChI is InChI=1S/C35H46N4O8S/c1-24-21-39(25(2)23-40)35(42)31-20-28(37-34(41)27-15-17-36-18-16-27)9-14-32(31)47-26(3)8-6-7-19-46-33(24)22-38(4)48(43,44)30-12-10-29(45-5)11-13-30/h9-18,20,24-26,33,40H,6-8,19,21-23H2,1-5H3,(H,37,41)/t24-,25+,26-,33-/m0/s1. The third-order valence-electron chi connectivity index (χ3n) is 8.46. The van der Waals surface area contributed by atoms with Gasteiger partial charge >= 0.3 is 0 Å². The molecule has 0 aliphatic carbocycles. The van der Waals surface area contributed by atoms with Crippen molar-refractivity contribution in [2.24, 2.45) is 5.92 Å². The van der Waals surface area contributed by atoms with Crippen molar-refractivity contribution in [3.63, 3.8) is 0 Å².